The molecule has 22 heavy (non-hydrogen) atoms. The molecule has 2 rings (SSSR count). The first-order valence-electron chi connectivity index (χ1n) is 7.03. The van der Waals surface area contributed by atoms with Gasteiger partial charge < -0.3 is 14.9 Å². The van der Waals surface area contributed by atoms with Gasteiger partial charge in [0.15, 0.2) is 5.78 Å². The Labute approximate surface area is 133 Å². The summed E-state index contributed by atoms with van der Waals surface area (Å²) < 4.78 is 5.25. The lowest BCUT2D eigenvalue weighted by Crippen LogP contribution is -2.18. The Morgan fingerprint density at radius 2 is 2.05 bits per heavy atom. The van der Waals surface area contributed by atoms with Crippen LogP contribution in [0, 0.1) is 0 Å². The Morgan fingerprint density at radius 3 is 2.77 bits per heavy atom. The number of ether oxygens (including phenoxy) is 1. The molecule has 0 bridgehead atoms. The molecular formula is C16H17ClO5. The van der Waals surface area contributed by atoms with Gasteiger partial charge in [-0.05, 0) is 43.9 Å². The zero-order valence-corrected chi connectivity index (χ0v) is 12.9. The SMILES string of the molecule is C[C@H]1CCC/C=C\C(=O)c2c(cc(O)c(Cl)c2O)CC(=O)O1. The molecule has 1 aliphatic heterocycles. The van der Waals surface area contributed by atoms with Gasteiger partial charge in [0.1, 0.15) is 16.5 Å². The topological polar surface area (TPSA) is 83.8 Å². The van der Waals surface area contributed by atoms with E-state index in [-0.39, 0.29) is 34.4 Å². The van der Waals surface area contributed by atoms with Crippen LogP contribution >= 0.6 is 11.6 Å². The van der Waals surface area contributed by atoms with Crippen LogP contribution in [0.5, 0.6) is 11.5 Å². The van der Waals surface area contributed by atoms with E-state index in [9.17, 15) is 19.8 Å². The van der Waals surface area contributed by atoms with E-state index < -0.39 is 17.5 Å². The first-order chi connectivity index (χ1) is 10.4. The molecule has 0 saturated heterocycles. The molecule has 0 radical (unpaired) electrons. The summed E-state index contributed by atoms with van der Waals surface area (Å²) in [6.45, 7) is 1.80. The summed E-state index contributed by atoms with van der Waals surface area (Å²) in [4.78, 5) is 24.2. The number of cyclic esters (lactones) is 1. The molecule has 0 amide bonds. The number of allylic oxidation sites excluding steroid dienone is 2. The maximum absolute atomic E-state index is 12.2. The van der Waals surface area contributed by atoms with E-state index in [1.165, 1.54) is 12.1 Å². The van der Waals surface area contributed by atoms with Crippen LogP contribution < -0.4 is 0 Å². The zero-order chi connectivity index (χ0) is 16.3. The van der Waals surface area contributed by atoms with E-state index in [0.717, 1.165) is 6.42 Å². The van der Waals surface area contributed by atoms with E-state index in [4.69, 9.17) is 16.3 Å². The molecule has 0 fully saturated rings. The van der Waals surface area contributed by atoms with E-state index in [0.29, 0.717) is 12.8 Å². The minimum absolute atomic E-state index is 0.0794. The smallest absolute Gasteiger partial charge is 0.310 e. The number of halogens is 1. The average Bonchev–Trinajstić information content (AvgIpc) is 2.43. The van der Waals surface area contributed by atoms with E-state index in [2.05, 4.69) is 0 Å². The van der Waals surface area contributed by atoms with Crippen LogP contribution in [0.15, 0.2) is 18.2 Å². The van der Waals surface area contributed by atoms with Crippen molar-refractivity contribution in [3.05, 3.63) is 34.4 Å². The minimum atomic E-state index is -0.524. The number of hydrogen-bond donors (Lipinski definition) is 2. The Kier molecular flexibility index (Phi) is 5.08. The number of aromatic hydroxyl groups is 2. The fourth-order valence-corrected chi connectivity index (χ4v) is 2.52. The lowest BCUT2D eigenvalue weighted by atomic mass is 9.98. The van der Waals surface area contributed by atoms with Crippen molar-refractivity contribution in [3.63, 3.8) is 0 Å². The maximum Gasteiger partial charge on any atom is 0.310 e. The standard InChI is InChI=1S/C16H17ClO5/c1-9-5-3-2-4-6-11(18)14-10(8-13(20)22-9)7-12(19)15(17)16(14)21/h4,6-7,9,19,21H,2-3,5,8H2,1H3/b6-4-/t9-/m0/s1. The second-order valence-electron chi connectivity index (χ2n) is 5.27. The number of esters is 1. The molecule has 1 heterocycles. The van der Waals surface area contributed by atoms with Crippen molar-refractivity contribution in [1.82, 2.24) is 0 Å². The molecular weight excluding hydrogens is 308 g/mol. The number of carbonyl (C=O) groups excluding carboxylic acids is 2. The van der Waals surface area contributed by atoms with Crippen LogP contribution in [0.25, 0.3) is 0 Å². The third kappa shape index (κ3) is 3.60. The summed E-state index contributed by atoms with van der Waals surface area (Å²) >= 11 is 5.77. The number of fused-ring (bicyclic) bond motifs is 1. The molecule has 118 valence electrons. The van der Waals surface area contributed by atoms with Gasteiger partial charge in [-0.2, -0.15) is 0 Å². The summed E-state index contributed by atoms with van der Waals surface area (Å²) in [7, 11) is 0. The van der Waals surface area contributed by atoms with Gasteiger partial charge in [-0.1, -0.05) is 17.7 Å². The van der Waals surface area contributed by atoms with Crippen molar-refractivity contribution >= 4 is 23.4 Å². The molecule has 0 spiro atoms. The summed E-state index contributed by atoms with van der Waals surface area (Å²) in [5.41, 5.74) is 0.107. The zero-order valence-electron chi connectivity index (χ0n) is 12.1. The Bertz CT molecular complexity index is 636. The average molecular weight is 325 g/mol. The molecule has 0 aliphatic carbocycles. The van der Waals surface area contributed by atoms with Gasteiger partial charge in [0, 0.05) is 0 Å². The van der Waals surface area contributed by atoms with Gasteiger partial charge in [0.25, 0.3) is 0 Å². The molecule has 5 nitrogen and oxygen atoms in total. The third-order valence-corrected chi connectivity index (χ3v) is 3.84. The second-order valence-corrected chi connectivity index (χ2v) is 5.65. The van der Waals surface area contributed by atoms with E-state index >= 15 is 0 Å². The quantitative estimate of drug-likeness (QED) is 0.716. The maximum atomic E-state index is 12.2. The molecule has 1 aliphatic rings. The number of phenols is 2. The fourth-order valence-electron chi connectivity index (χ4n) is 2.38. The first kappa shape index (κ1) is 16.4. The summed E-state index contributed by atoms with van der Waals surface area (Å²) in [6, 6.07) is 1.21. The van der Waals surface area contributed by atoms with Gasteiger partial charge in [0.05, 0.1) is 18.1 Å². The molecule has 0 aromatic heterocycles. The van der Waals surface area contributed by atoms with Crippen LogP contribution in [-0.4, -0.2) is 28.1 Å². The van der Waals surface area contributed by atoms with E-state index in [1.54, 1.807) is 13.0 Å². The molecule has 1 aromatic rings. The molecule has 0 saturated carbocycles. The molecule has 0 unspecified atom stereocenters. The van der Waals surface area contributed by atoms with Gasteiger partial charge >= 0.3 is 5.97 Å². The first-order valence-corrected chi connectivity index (χ1v) is 7.41. The molecule has 6 heteroatoms. The van der Waals surface area contributed by atoms with Crippen molar-refractivity contribution in [2.24, 2.45) is 0 Å². The van der Waals surface area contributed by atoms with Crippen LogP contribution in [0.3, 0.4) is 0 Å². The van der Waals surface area contributed by atoms with Crippen molar-refractivity contribution in [3.8, 4) is 11.5 Å². The summed E-state index contributed by atoms with van der Waals surface area (Å²) in [6.07, 6.45) is 4.76. The van der Waals surface area contributed by atoms with Gasteiger partial charge in [-0.15, -0.1) is 0 Å². The lowest BCUT2D eigenvalue weighted by Gasteiger charge is -2.16. The largest absolute Gasteiger partial charge is 0.506 e. The number of ketones is 1. The molecule has 1 atom stereocenters. The third-order valence-electron chi connectivity index (χ3n) is 3.47. The number of hydrogen-bond acceptors (Lipinski definition) is 5. The summed E-state index contributed by atoms with van der Waals surface area (Å²) in [5, 5.41) is 19.4. The van der Waals surface area contributed by atoms with Gasteiger partial charge in [0.2, 0.25) is 0 Å². The van der Waals surface area contributed by atoms with Crippen LogP contribution in [0.2, 0.25) is 5.02 Å². The minimum Gasteiger partial charge on any atom is -0.506 e. The highest BCUT2D eigenvalue weighted by Gasteiger charge is 2.23. The number of benzene rings is 1. The van der Waals surface area contributed by atoms with Crippen molar-refractivity contribution in [2.45, 2.75) is 38.7 Å². The van der Waals surface area contributed by atoms with Gasteiger partial charge in [-0.3, -0.25) is 9.59 Å². The lowest BCUT2D eigenvalue weighted by molar-refractivity contribution is -0.147. The van der Waals surface area contributed by atoms with Crippen molar-refractivity contribution < 1.29 is 24.5 Å². The Morgan fingerprint density at radius 1 is 1.32 bits per heavy atom. The highest BCUT2D eigenvalue weighted by atomic mass is 35.5. The Balaban J connectivity index is 2.50. The molecule has 2 N–H and O–H groups in total. The summed E-state index contributed by atoms with van der Waals surface area (Å²) in [5.74, 6) is -1.89. The predicted molar refractivity (Wildman–Crippen MR) is 81.4 cm³/mol. The monoisotopic (exact) mass is 324 g/mol. The number of carbonyl (C=O) groups is 2. The fraction of sp³-hybridized carbons (Fsp3) is 0.375. The van der Waals surface area contributed by atoms with Gasteiger partial charge in [-0.25, -0.2) is 0 Å². The van der Waals surface area contributed by atoms with Crippen LogP contribution in [-0.2, 0) is 16.0 Å². The van der Waals surface area contributed by atoms with Crippen LogP contribution in [0.1, 0.15) is 42.1 Å². The van der Waals surface area contributed by atoms with Crippen molar-refractivity contribution in [2.75, 3.05) is 0 Å². The highest BCUT2D eigenvalue weighted by molar-refractivity contribution is 6.34. The molecule has 1 aromatic carbocycles. The van der Waals surface area contributed by atoms with Crippen molar-refractivity contribution in [1.29, 1.82) is 0 Å². The normalized spacial score (nSPS) is 21.3. The van der Waals surface area contributed by atoms with E-state index in [1.807, 2.05) is 0 Å². The number of rotatable bonds is 0. The second kappa shape index (κ2) is 6.83. The number of phenolic OH excluding ortho intramolecular Hbond substituents is 2. The highest BCUT2D eigenvalue weighted by Crippen LogP contribution is 2.38. The Hall–Kier alpha value is -2.01. The van der Waals surface area contributed by atoms with Crippen LogP contribution in [0.4, 0.5) is 0 Å². The predicted octanol–water partition coefficient (Wildman–Crippen LogP) is 3.15.